The molecular formula is C27H35NO4. The molecule has 1 amide bonds. The Balaban J connectivity index is 1.50. The van der Waals surface area contributed by atoms with Gasteiger partial charge in [-0.1, -0.05) is 81.0 Å². The lowest BCUT2D eigenvalue weighted by molar-refractivity contribution is -0.137. The molecule has 0 saturated heterocycles. The Morgan fingerprint density at radius 2 is 1.44 bits per heavy atom. The van der Waals surface area contributed by atoms with Gasteiger partial charge in [-0.25, -0.2) is 0 Å². The molecule has 32 heavy (non-hydrogen) atoms. The molecule has 2 aromatic carbocycles. The predicted octanol–water partition coefficient (Wildman–Crippen LogP) is 5.99. The Bertz CT molecular complexity index is 815. The third kappa shape index (κ3) is 11.9. The van der Waals surface area contributed by atoms with E-state index in [9.17, 15) is 9.59 Å². The van der Waals surface area contributed by atoms with Crippen molar-refractivity contribution in [2.45, 2.75) is 64.4 Å². The lowest BCUT2D eigenvalue weighted by atomic mass is 10.1. The van der Waals surface area contributed by atoms with E-state index in [-0.39, 0.29) is 12.3 Å². The zero-order chi connectivity index (χ0) is 22.9. The van der Waals surface area contributed by atoms with Crippen molar-refractivity contribution in [3.63, 3.8) is 0 Å². The summed E-state index contributed by atoms with van der Waals surface area (Å²) in [6.45, 7) is 1.22. The highest BCUT2D eigenvalue weighted by Crippen LogP contribution is 2.15. The van der Waals surface area contributed by atoms with Crippen molar-refractivity contribution in [1.82, 2.24) is 5.32 Å². The Morgan fingerprint density at radius 3 is 2.09 bits per heavy atom. The first kappa shape index (κ1) is 25.2. The van der Waals surface area contributed by atoms with Gasteiger partial charge in [-0.15, -0.1) is 0 Å². The fraction of sp³-hybridized carbons (Fsp3) is 0.407. The molecule has 2 aromatic rings. The van der Waals surface area contributed by atoms with Crippen LogP contribution in [0, 0.1) is 0 Å². The van der Waals surface area contributed by atoms with Gasteiger partial charge >= 0.3 is 5.97 Å². The molecule has 172 valence electrons. The lowest BCUT2D eigenvalue weighted by Gasteiger charge is -2.06. The summed E-state index contributed by atoms with van der Waals surface area (Å²) in [4.78, 5) is 22.4. The molecule has 0 spiro atoms. The maximum absolute atomic E-state index is 12.0. The van der Waals surface area contributed by atoms with Crippen molar-refractivity contribution in [3.8, 4) is 5.75 Å². The average molecular weight is 438 g/mol. The highest BCUT2D eigenvalue weighted by Gasteiger charge is 1.99. The number of benzene rings is 2. The Labute approximate surface area is 191 Å². The second-order valence-corrected chi connectivity index (χ2v) is 7.94. The molecule has 0 radical (unpaired) electrons. The number of carboxylic acids is 1. The van der Waals surface area contributed by atoms with Crippen molar-refractivity contribution in [3.05, 3.63) is 71.8 Å². The van der Waals surface area contributed by atoms with Crippen LogP contribution in [0.1, 0.15) is 68.9 Å². The maximum Gasteiger partial charge on any atom is 0.303 e. The Kier molecular flexibility index (Phi) is 12.3. The number of nitrogens with one attached hydrogen (secondary N) is 1. The number of rotatable bonds is 16. The second kappa shape index (κ2) is 15.7. The summed E-state index contributed by atoms with van der Waals surface area (Å²) in [7, 11) is 0. The largest absolute Gasteiger partial charge is 0.489 e. The molecule has 0 saturated carbocycles. The van der Waals surface area contributed by atoms with E-state index in [0.717, 1.165) is 61.8 Å². The van der Waals surface area contributed by atoms with Crippen molar-refractivity contribution in [2.24, 2.45) is 0 Å². The average Bonchev–Trinajstić information content (AvgIpc) is 2.81. The zero-order valence-corrected chi connectivity index (χ0v) is 18.8. The molecule has 0 unspecified atom stereocenters. The normalized spacial score (nSPS) is 10.9. The molecule has 2 rings (SSSR count). The molecule has 0 atom stereocenters. The van der Waals surface area contributed by atoms with E-state index >= 15 is 0 Å². The topological polar surface area (TPSA) is 75.6 Å². The lowest BCUT2D eigenvalue weighted by Crippen LogP contribution is -2.21. The van der Waals surface area contributed by atoms with E-state index in [1.807, 2.05) is 54.6 Å². The van der Waals surface area contributed by atoms with E-state index < -0.39 is 5.97 Å². The molecule has 5 nitrogen and oxygen atoms in total. The zero-order valence-electron chi connectivity index (χ0n) is 18.8. The highest BCUT2D eigenvalue weighted by atomic mass is 16.5. The first-order valence-corrected chi connectivity index (χ1v) is 11.6. The standard InChI is InChI=1S/C27H35NO4/c29-26(28-21-11-6-4-2-1-3-5-10-14-27(30)31)20-17-23-15-18-25(19-16-23)32-22-24-12-8-7-9-13-24/h7-9,12-13,15-20H,1-6,10-11,14,21-22H2,(H,28,29)(H,30,31)/b20-17+. The molecule has 0 aromatic heterocycles. The predicted molar refractivity (Wildman–Crippen MR) is 128 cm³/mol. The number of hydrogen-bond donors (Lipinski definition) is 2. The number of amides is 1. The minimum absolute atomic E-state index is 0.0761. The van der Waals surface area contributed by atoms with Gasteiger partial charge in [-0.2, -0.15) is 0 Å². The van der Waals surface area contributed by atoms with Crippen LogP contribution in [0.25, 0.3) is 6.08 Å². The number of unbranched alkanes of at least 4 members (excludes halogenated alkanes) is 7. The monoisotopic (exact) mass is 437 g/mol. The molecule has 0 bridgehead atoms. The van der Waals surface area contributed by atoms with E-state index in [4.69, 9.17) is 9.84 Å². The van der Waals surface area contributed by atoms with Crippen LogP contribution in [0.2, 0.25) is 0 Å². The van der Waals surface area contributed by atoms with Crippen molar-refractivity contribution in [2.75, 3.05) is 6.54 Å². The van der Waals surface area contributed by atoms with E-state index in [2.05, 4.69) is 5.32 Å². The summed E-state index contributed by atoms with van der Waals surface area (Å²) in [5, 5.41) is 11.5. The minimum atomic E-state index is -0.705. The summed E-state index contributed by atoms with van der Waals surface area (Å²) in [5.41, 5.74) is 2.08. The van der Waals surface area contributed by atoms with Gasteiger partial charge < -0.3 is 15.2 Å². The summed E-state index contributed by atoms with van der Waals surface area (Å²) >= 11 is 0. The first-order chi connectivity index (χ1) is 15.6. The van der Waals surface area contributed by atoms with Gasteiger partial charge in [0, 0.05) is 19.0 Å². The van der Waals surface area contributed by atoms with Crippen molar-refractivity contribution >= 4 is 18.0 Å². The third-order valence-electron chi connectivity index (χ3n) is 5.17. The molecule has 2 N–H and O–H groups in total. The number of carbonyl (C=O) groups excluding carboxylic acids is 1. The highest BCUT2D eigenvalue weighted by molar-refractivity contribution is 5.91. The Hall–Kier alpha value is -3.08. The Morgan fingerprint density at radius 1 is 0.812 bits per heavy atom. The number of hydrogen-bond acceptors (Lipinski definition) is 3. The van der Waals surface area contributed by atoms with Crippen LogP contribution < -0.4 is 10.1 Å². The van der Waals surface area contributed by atoms with Crippen LogP contribution in [-0.2, 0) is 16.2 Å². The fourth-order valence-corrected chi connectivity index (χ4v) is 3.32. The molecule has 0 heterocycles. The van der Waals surface area contributed by atoms with Gasteiger partial charge in [0.15, 0.2) is 0 Å². The van der Waals surface area contributed by atoms with E-state index in [1.165, 1.54) is 6.42 Å². The van der Waals surface area contributed by atoms with Gasteiger partial charge in [-0.3, -0.25) is 9.59 Å². The molecule has 0 aliphatic rings. The first-order valence-electron chi connectivity index (χ1n) is 11.6. The van der Waals surface area contributed by atoms with E-state index in [0.29, 0.717) is 13.2 Å². The summed E-state index contributed by atoms with van der Waals surface area (Å²) in [5.74, 6) is 0.0208. The summed E-state index contributed by atoms with van der Waals surface area (Å²) < 4.78 is 5.77. The smallest absolute Gasteiger partial charge is 0.303 e. The number of aliphatic carboxylic acids is 1. The van der Waals surface area contributed by atoms with Gasteiger partial charge in [0.05, 0.1) is 0 Å². The van der Waals surface area contributed by atoms with Crippen LogP contribution in [0.4, 0.5) is 0 Å². The molecular weight excluding hydrogens is 402 g/mol. The van der Waals surface area contributed by atoms with Crippen LogP contribution >= 0.6 is 0 Å². The number of carbonyl (C=O) groups is 2. The van der Waals surface area contributed by atoms with E-state index in [1.54, 1.807) is 12.2 Å². The van der Waals surface area contributed by atoms with Crippen LogP contribution in [0.3, 0.4) is 0 Å². The number of ether oxygens (including phenoxy) is 1. The summed E-state index contributed by atoms with van der Waals surface area (Å²) in [6, 6.07) is 17.7. The van der Waals surface area contributed by atoms with Crippen LogP contribution in [0.15, 0.2) is 60.7 Å². The molecule has 5 heteroatoms. The van der Waals surface area contributed by atoms with Gasteiger partial charge in [0.2, 0.25) is 5.91 Å². The van der Waals surface area contributed by atoms with Gasteiger partial charge in [0.25, 0.3) is 0 Å². The quantitative estimate of drug-likeness (QED) is 0.250. The molecule has 0 aliphatic carbocycles. The van der Waals surface area contributed by atoms with Crippen LogP contribution in [-0.4, -0.2) is 23.5 Å². The second-order valence-electron chi connectivity index (χ2n) is 7.94. The van der Waals surface area contributed by atoms with Crippen molar-refractivity contribution in [1.29, 1.82) is 0 Å². The van der Waals surface area contributed by atoms with Crippen LogP contribution in [0.5, 0.6) is 5.75 Å². The third-order valence-corrected chi connectivity index (χ3v) is 5.17. The minimum Gasteiger partial charge on any atom is -0.489 e. The van der Waals surface area contributed by atoms with Gasteiger partial charge in [-0.05, 0) is 42.2 Å². The molecule has 0 fully saturated rings. The van der Waals surface area contributed by atoms with Gasteiger partial charge in [0.1, 0.15) is 12.4 Å². The fourth-order valence-electron chi connectivity index (χ4n) is 3.32. The summed E-state index contributed by atoms with van der Waals surface area (Å²) in [6.07, 6.45) is 12.1. The maximum atomic E-state index is 12.0. The SMILES string of the molecule is O=C(O)CCCCCCCCCCNC(=O)/C=C/c1ccc(OCc2ccccc2)cc1. The number of carboxylic acid groups (broad SMARTS) is 1. The molecule has 0 aliphatic heterocycles. The van der Waals surface area contributed by atoms with Crippen molar-refractivity contribution < 1.29 is 19.4 Å².